The number of carbonyl (C=O) groups is 3. The molecule has 4 amide bonds. The fourth-order valence-electron chi connectivity index (χ4n) is 3.44. The molecule has 0 aliphatic carbocycles. The fraction of sp³-hybridized carbons (Fsp3) is 0.500. The normalized spacial score (nSPS) is 20.1. The number of amides is 4. The summed E-state index contributed by atoms with van der Waals surface area (Å²) in [6.07, 6.45) is 0.663. The fourth-order valence-corrected chi connectivity index (χ4v) is 3.44. The van der Waals surface area contributed by atoms with E-state index in [1.165, 1.54) is 21.9 Å². The lowest BCUT2D eigenvalue weighted by Crippen LogP contribution is -2.48. The predicted molar refractivity (Wildman–Crippen MR) is 99.9 cm³/mol. The molecular formula is C18H24ClFN4O3. The Labute approximate surface area is 163 Å². The third-order valence-electron chi connectivity index (χ3n) is 4.80. The van der Waals surface area contributed by atoms with E-state index in [1.807, 2.05) is 6.07 Å². The molecule has 7 nitrogen and oxygen atoms in total. The minimum Gasteiger partial charge on any atom is -0.333 e. The topological polar surface area (TPSA) is 73.0 Å². The van der Waals surface area contributed by atoms with Gasteiger partial charge in [-0.15, -0.1) is 12.4 Å². The summed E-state index contributed by atoms with van der Waals surface area (Å²) >= 11 is 0. The molecule has 1 aromatic rings. The molecule has 2 aliphatic rings. The SMILES string of the molecule is CN1CC(=O)N(CCCC(=O)N2CCNCC2c2cccc(F)c2)C1=O.Cl. The zero-order chi connectivity index (χ0) is 18.7. The number of urea groups is 1. The minimum atomic E-state index is -0.323. The summed E-state index contributed by atoms with van der Waals surface area (Å²) in [5, 5.41) is 3.24. The van der Waals surface area contributed by atoms with Crippen LogP contribution in [0.25, 0.3) is 0 Å². The van der Waals surface area contributed by atoms with E-state index in [9.17, 15) is 18.8 Å². The maximum absolute atomic E-state index is 13.5. The standard InChI is InChI=1S/C18H23FN4O3.ClH/c1-21-12-17(25)23(18(21)26)8-3-6-16(24)22-9-7-20-11-15(22)13-4-2-5-14(19)10-13;/h2,4-5,10,15,20H,3,6-9,11-12H2,1H3;1H. The van der Waals surface area contributed by atoms with E-state index in [1.54, 1.807) is 18.0 Å². The van der Waals surface area contributed by atoms with Gasteiger partial charge in [0.15, 0.2) is 0 Å². The van der Waals surface area contributed by atoms with Crippen molar-refractivity contribution in [3.63, 3.8) is 0 Å². The van der Waals surface area contributed by atoms with Gasteiger partial charge in [-0.05, 0) is 24.1 Å². The van der Waals surface area contributed by atoms with Gasteiger partial charge in [0, 0.05) is 39.6 Å². The van der Waals surface area contributed by atoms with E-state index in [2.05, 4.69) is 5.32 Å². The maximum atomic E-state index is 13.5. The number of benzene rings is 1. The molecule has 0 aromatic heterocycles. The van der Waals surface area contributed by atoms with Crippen molar-refractivity contribution in [3.05, 3.63) is 35.6 Å². The van der Waals surface area contributed by atoms with Gasteiger partial charge in [0.1, 0.15) is 12.4 Å². The molecule has 27 heavy (non-hydrogen) atoms. The van der Waals surface area contributed by atoms with E-state index in [-0.39, 0.29) is 61.6 Å². The van der Waals surface area contributed by atoms with Crippen LogP contribution in [0.4, 0.5) is 9.18 Å². The third-order valence-corrected chi connectivity index (χ3v) is 4.80. The van der Waals surface area contributed by atoms with Gasteiger partial charge in [-0.2, -0.15) is 0 Å². The largest absolute Gasteiger partial charge is 0.333 e. The molecule has 1 unspecified atom stereocenters. The zero-order valence-electron chi connectivity index (χ0n) is 15.2. The van der Waals surface area contributed by atoms with Crippen LogP contribution in [0.15, 0.2) is 24.3 Å². The van der Waals surface area contributed by atoms with Crippen LogP contribution in [0.2, 0.25) is 0 Å². The molecular weight excluding hydrogens is 375 g/mol. The van der Waals surface area contributed by atoms with Gasteiger partial charge in [0.05, 0.1) is 6.04 Å². The molecule has 0 spiro atoms. The van der Waals surface area contributed by atoms with E-state index in [4.69, 9.17) is 0 Å². The molecule has 9 heteroatoms. The van der Waals surface area contributed by atoms with Crippen molar-refractivity contribution in [2.75, 3.05) is 39.8 Å². The van der Waals surface area contributed by atoms with Crippen molar-refractivity contribution >= 4 is 30.3 Å². The number of carbonyl (C=O) groups excluding carboxylic acids is 3. The number of imide groups is 1. The Morgan fingerprint density at radius 1 is 1.33 bits per heavy atom. The van der Waals surface area contributed by atoms with Crippen LogP contribution in [0, 0.1) is 5.82 Å². The summed E-state index contributed by atoms with van der Waals surface area (Å²) in [6.45, 7) is 2.13. The second-order valence-electron chi connectivity index (χ2n) is 6.65. The van der Waals surface area contributed by atoms with Gasteiger partial charge < -0.3 is 15.1 Å². The third kappa shape index (κ3) is 4.75. The number of piperazine rings is 1. The van der Waals surface area contributed by atoms with Crippen molar-refractivity contribution < 1.29 is 18.8 Å². The number of rotatable bonds is 5. The molecule has 0 saturated carbocycles. The summed E-state index contributed by atoms with van der Waals surface area (Å²) in [5.41, 5.74) is 0.761. The smallest absolute Gasteiger partial charge is 0.326 e. The highest BCUT2D eigenvalue weighted by Crippen LogP contribution is 2.24. The Bertz CT molecular complexity index is 718. The second kappa shape index (κ2) is 9.14. The van der Waals surface area contributed by atoms with Gasteiger partial charge in [-0.3, -0.25) is 14.5 Å². The van der Waals surface area contributed by atoms with Gasteiger partial charge in [0.2, 0.25) is 11.8 Å². The highest BCUT2D eigenvalue weighted by atomic mass is 35.5. The van der Waals surface area contributed by atoms with Crippen molar-refractivity contribution in [3.8, 4) is 0 Å². The van der Waals surface area contributed by atoms with Gasteiger partial charge >= 0.3 is 6.03 Å². The Kier molecular flexibility index (Phi) is 7.15. The molecule has 2 aliphatic heterocycles. The first-order chi connectivity index (χ1) is 12.5. The number of hydrogen-bond acceptors (Lipinski definition) is 4. The van der Waals surface area contributed by atoms with Gasteiger partial charge in [0.25, 0.3) is 0 Å². The van der Waals surface area contributed by atoms with Crippen LogP contribution in [0.5, 0.6) is 0 Å². The molecule has 0 radical (unpaired) electrons. The summed E-state index contributed by atoms with van der Waals surface area (Å²) in [5.74, 6) is -0.603. The first-order valence-electron chi connectivity index (χ1n) is 8.78. The van der Waals surface area contributed by atoms with Crippen LogP contribution in [0.1, 0.15) is 24.4 Å². The Morgan fingerprint density at radius 2 is 2.11 bits per heavy atom. The number of likely N-dealkylation sites (N-methyl/N-ethyl adjacent to an activating group) is 1. The molecule has 3 rings (SSSR count). The van der Waals surface area contributed by atoms with Crippen LogP contribution < -0.4 is 5.32 Å². The monoisotopic (exact) mass is 398 g/mol. The number of halogens is 2. The van der Waals surface area contributed by atoms with Crippen molar-refractivity contribution in [2.24, 2.45) is 0 Å². The number of nitrogens with one attached hydrogen (secondary N) is 1. The highest BCUT2D eigenvalue weighted by Gasteiger charge is 2.33. The van der Waals surface area contributed by atoms with E-state index in [0.717, 1.165) is 5.56 Å². The van der Waals surface area contributed by atoms with Crippen molar-refractivity contribution in [2.45, 2.75) is 18.9 Å². The van der Waals surface area contributed by atoms with Crippen LogP contribution in [-0.4, -0.2) is 72.3 Å². The molecule has 1 aromatic carbocycles. The molecule has 2 saturated heterocycles. The van der Waals surface area contributed by atoms with E-state index < -0.39 is 0 Å². The van der Waals surface area contributed by atoms with Gasteiger partial charge in [-0.1, -0.05) is 12.1 Å². The number of nitrogens with zero attached hydrogens (tertiary/aromatic N) is 3. The molecule has 0 bridgehead atoms. The molecule has 1 atom stereocenters. The number of hydrogen-bond donors (Lipinski definition) is 1. The van der Waals surface area contributed by atoms with Gasteiger partial charge in [-0.25, -0.2) is 9.18 Å². The first kappa shape index (κ1) is 21.1. The lowest BCUT2D eigenvalue weighted by molar-refractivity contribution is -0.135. The lowest BCUT2D eigenvalue weighted by atomic mass is 10.0. The predicted octanol–water partition coefficient (Wildman–Crippen LogP) is 1.39. The molecule has 2 fully saturated rings. The molecule has 148 valence electrons. The van der Waals surface area contributed by atoms with E-state index in [0.29, 0.717) is 26.1 Å². The average Bonchev–Trinajstić information content (AvgIpc) is 2.87. The second-order valence-corrected chi connectivity index (χ2v) is 6.65. The van der Waals surface area contributed by atoms with E-state index >= 15 is 0 Å². The van der Waals surface area contributed by atoms with Crippen molar-refractivity contribution in [1.82, 2.24) is 20.0 Å². The highest BCUT2D eigenvalue weighted by molar-refractivity contribution is 6.01. The summed E-state index contributed by atoms with van der Waals surface area (Å²) in [6, 6.07) is 5.76. The summed E-state index contributed by atoms with van der Waals surface area (Å²) in [7, 11) is 1.58. The van der Waals surface area contributed by atoms with Crippen LogP contribution in [-0.2, 0) is 9.59 Å². The van der Waals surface area contributed by atoms with Crippen LogP contribution >= 0.6 is 12.4 Å². The van der Waals surface area contributed by atoms with Crippen molar-refractivity contribution in [1.29, 1.82) is 0 Å². The average molecular weight is 399 g/mol. The summed E-state index contributed by atoms with van der Waals surface area (Å²) < 4.78 is 13.5. The quantitative estimate of drug-likeness (QED) is 0.761. The Hall–Kier alpha value is -2.19. The molecule has 2 heterocycles. The minimum absolute atomic E-state index is 0. The van der Waals surface area contributed by atoms with Crippen LogP contribution in [0.3, 0.4) is 0 Å². The molecule has 1 N–H and O–H groups in total. The maximum Gasteiger partial charge on any atom is 0.326 e. The lowest BCUT2D eigenvalue weighted by Gasteiger charge is -2.36. The zero-order valence-corrected chi connectivity index (χ0v) is 16.0. The summed E-state index contributed by atoms with van der Waals surface area (Å²) in [4.78, 5) is 40.6. The first-order valence-corrected chi connectivity index (χ1v) is 8.78. The Balaban J connectivity index is 0.00000261. The Morgan fingerprint density at radius 3 is 2.78 bits per heavy atom.